The Labute approximate surface area is 111 Å². The number of hydrogen-bond donors (Lipinski definition) is 1. The number of nitrogens with one attached hydrogen (secondary N) is 1. The highest BCUT2D eigenvalue weighted by Gasteiger charge is 2.14. The smallest absolute Gasteiger partial charge is 0.355 e. The number of ether oxygens (including phenoxy) is 1. The molecule has 1 N–H and O–H groups in total. The molecule has 1 aromatic carbocycles. The van der Waals surface area contributed by atoms with Gasteiger partial charge in [0.1, 0.15) is 5.69 Å². The van der Waals surface area contributed by atoms with E-state index in [9.17, 15) is 4.79 Å². The van der Waals surface area contributed by atoms with E-state index in [0.29, 0.717) is 17.3 Å². The van der Waals surface area contributed by atoms with Crippen molar-refractivity contribution in [3.8, 4) is 11.3 Å². The molecule has 4 heteroatoms. The number of aryl methyl sites for hydroxylation is 1. The van der Waals surface area contributed by atoms with Gasteiger partial charge in [0.2, 0.25) is 0 Å². The maximum atomic E-state index is 11.7. The molecule has 0 amide bonds. The Morgan fingerprint density at radius 1 is 1.33 bits per heavy atom. The van der Waals surface area contributed by atoms with Gasteiger partial charge in [0, 0.05) is 10.7 Å². The summed E-state index contributed by atoms with van der Waals surface area (Å²) in [5.74, 6) is -0.324. The lowest BCUT2D eigenvalue weighted by Crippen LogP contribution is -2.06. The lowest BCUT2D eigenvalue weighted by Gasteiger charge is -2.00. The average Bonchev–Trinajstić information content (AvgIpc) is 2.72. The zero-order valence-electron chi connectivity index (χ0n) is 10.3. The highest BCUT2D eigenvalue weighted by atomic mass is 35.5. The molecule has 0 bridgehead atoms. The Kier molecular flexibility index (Phi) is 3.72. The number of esters is 1. The van der Waals surface area contributed by atoms with Crippen LogP contribution in [0.4, 0.5) is 0 Å². The van der Waals surface area contributed by atoms with E-state index in [-0.39, 0.29) is 5.97 Å². The van der Waals surface area contributed by atoms with Crippen molar-refractivity contribution in [1.29, 1.82) is 0 Å². The van der Waals surface area contributed by atoms with Gasteiger partial charge in [0.05, 0.1) is 6.61 Å². The van der Waals surface area contributed by atoms with Crippen LogP contribution in [0.15, 0.2) is 30.3 Å². The second-order valence-corrected chi connectivity index (χ2v) is 4.40. The van der Waals surface area contributed by atoms with Gasteiger partial charge in [-0.05, 0) is 43.2 Å². The van der Waals surface area contributed by atoms with Gasteiger partial charge in [-0.15, -0.1) is 0 Å². The third-order valence-corrected chi connectivity index (χ3v) is 2.90. The molecule has 0 aliphatic heterocycles. The molecule has 18 heavy (non-hydrogen) atoms. The van der Waals surface area contributed by atoms with Crippen molar-refractivity contribution in [2.24, 2.45) is 0 Å². The van der Waals surface area contributed by atoms with Gasteiger partial charge >= 0.3 is 5.97 Å². The van der Waals surface area contributed by atoms with Crippen LogP contribution in [0.5, 0.6) is 0 Å². The lowest BCUT2D eigenvalue weighted by atomic mass is 10.1. The summed E-state index contributed by atoms with van der Waals surface area (Å²) in [6.07, 6.45) is 0. The first-order chi connectivity index (χ1) is 8.61. The van der Waals surface area contributed by atoms with Gasteiger partial charge in [0.25, 0.3) is 0 Å². The van der Waals surface area contributed by atoms with Gasteiger partial charge in [0.15, 0.2) is 0 Å². The van der Waals surface area contributed by atoms with Crippen LogP contribution in [0.3, 0.4) is 0 Å². The minimum Gasteiger partial charge on any atom is -0.461 e. The van der Waals surface area contributed by atoms with Gasteiger partial charge in [-0.1, -0.05) is 23.7 Å². The molecule has 2 aromatic rings. The van der Waals surface area contributed by atoms with Gasteiger partial charge in [-0.2, -0.15) is 0 Å². The third-order valence-electron chi connectivity index (χ3n) is 2.65. The number of benzene rings is 1. The summed E-state index contributed by atoms with van der Waals surface area (Å²) >= 11 is 5.84. The molecule has 2 rings (SSSR count). The van der Waals surface area contributed by atoms with Crippen LogP contribution in [0, 0.1) is 6.92 Å². The summed E-state index contributed by atoms with van der Waals surface area (Å²) in [5, 5.41) is 0.688. The Bertz CT molecular complexity index is 558. The maximum Gasteiger partial charge on any atom is 0.355 e. The quantitative estimate of drug-likeness (QED) is 0.856. The Hall–Kier alpha value is -1.74. The number of hydrogen-bond acceptors (Lipinski definition) is 2. The van der Waals surface area contributed by atoms with Crippen LogP contribution in [0.25, 0.3) is 11.3 Å². The topological polar surface area (TPSA) is 42.1 Å². The fourth-order valence-electron chi connectivity index (χ4n) is 1.76. The number of carbonyl (C=O) groups is 1. The molecule has 0 fully saturated rings. The van der Waals surface area contributed by atoms with Crippen LogP contribution >= 0.6 is 11.6 Å². The summed E-state index contributed by atoms with van der Waals surface area (Å²) in [6, 6.07) is 9.37. The largest absolute Gasteiger partial charge is 0.461 e. The van der Waals surface area contributed by atoms with Crippen molar-refractivity contribution < 1.29 is 9.53 Å². The van der Waals surface area contributed by atoms with E-state index in [1.807, 2.05) is 37.3 Å². The van der Waals surface area contributed by atoms with E-state index < -0.39 is 0 Å². The fourth-order valence-corrected chi connectivity index (χ4v) is 1.88. The van der Waals surface area contributed by atoms with E-state index in [4.69, 9.17) is 16.3 Å². The van der Waals surface area contributed by atoms with Crippen LogP contribution in [-0.2, 0) is 4.74 Å². The number of carbonyl (C=O) groups excluding carboxylic acids is 1. The molecule has 0 radical (unpaired) electrons. The minimum absolute atomic E-state index is 0.324. The van der Waals surface area contributed by atoms with E-state index >= 15 is 0 Å². The number of halogens is 1. The predicted octanol–water partition coefficient (Wildman–Crippen LogP) is 3.82. The zero-order chi connectivity index (χ0) is 13.1. The summed E-state index contributed by atoms with van der Waals surface area (Å²) in [7, 11) is 0. The Morgan fingerprint density at radius 2 is 2.00 bits per heavy atom. The Balaban J connectivity index is 2.34. The summed E-state index contributed by atoms with van der Waals surface area (Å²) in [5.41, 5.74) is 3.24. The summed E-state index contributed by atoms with van der Waals surface area (Å²) in [4.78, 5) is 14.8. The van der Waals surface area contributed by atoms with E-state index in [2.05, 4.69) is 4.98 Å². The second kappa shape index (κ2) is 5.27. The highest BCUT2D eigenvalue weighted by molar-refractivity contribution is 6.30. The number of aromatic amines is 1. The van der Waals surface area contributed by atoms with Crippen molar-refractivity contribution in [1.82, 2.24) is 4.98 Å². The Morgan fingerprint density at radius 3 is 2.61 bits per heavy atom. The molecular weight excluding hydrogens is 250 g/mol. The second-order valence-electron chi connectivity index (χ2n) is 3.97. The van der Waals surface area contributed by atoms with Crippen LogP contribution < -0.4 is 0 Å². The van der Waals surface area contributed by atoms with Gasteiger partial charge in [-0.25, -0.2) is 4.79 Å². The molecule has 0 aliphatic rings. The van der Waals surface area contributed by atoms with Gasteiger partial charge < -0.3 is 9.72 Å². The molecular formula is C14H14ClNO2. The molecule has 0 atom stereocenters. The van der Waals surface area contributed by atoms with Crippen molar-refractivity contribution >= 4 is 17.6 Å². The van der Waals surface area contributed by atoms with E-state index in [0.717, 1.165) is 16.8 Å². The van der Waals surface area contributed by atoms with Crippen molar-refractivity contribution in [2.75, 3.05) is 6.61 Å². The predicted molar refractivity (Wildman–Crippen MR) is 71.9 cm³/mol. The van der Waals surface area contributed by atoms with Crippen LogP contribution in [0.2, 0.25) is 5.02 Å². The monoisotopic (exact) mass is 263 g/mol. The van der Waals surface area contributed by atoms with Crippen molar-refractivity contribution in [3.05, 3.63) is 46.6 Å². The van der Waals surface area contributed by atoms with E-state index in [1.54, 1.807) is 6.92 Å². The normalized spacial score (nSPS) is 10.4. The number of aromatic nitrogens is 1. The highest BCUT2D eigenvalue weighted by Crippen LogP contribution is 2.23. The van der Waals surface area contributed by atoms with E-state index in [1.165, 1.54) is 0 Å². The lowest BCUT2D eigenvalue weighted by molar-refractivity contribution is 0.0519. The first kappa shape index (κ1) is 12.7. The molecule has 0 aliphatic carbocycles. The molecule has 0 spiro atoms. The molecule has 3 nitrogen and oxygen atoms in total. The zero-order valence-corrected chi connectivity index (χ0v) is 11.0. The molecule has 0 saturated heterocycles. The SMILES string of the molecule is CCOC(=O)c1[nH]c(-c2ccc(Cl)cc2)cc1C. The van der Waals surface area contributed by atoms with Crippen LogP contribution in [0.1, 0.15) is 23.0 Å². The molecule has 0 saturated carbocycles. The number of H-pyrrole nitrogens is 1. The molecule has 94 valence electrons. The standard InChI is InChI=1S/C14H14ClNO2/c1-3-18-14(17)13-9(2)8-12(16-13)10-4-6-11(15)7-5-10/h4-8,16H,3H2,1-2H3. The average molecular weight is 264 g/mol. The fraction of sp³-hybridized carbons (Fsp3) is 0.214. The maximum absolute atomic E-state index is 11.7. The first-order valence-corrected chi connectivity index (χ1v) is 6.12. The summed E-state index contributed by atoms with van der Waals surface area (Å²) in [6.45, 7) is 4.03. The van der Waals surface area contributed by atoms with Crippen LogP contribution in [-0.4, -0.2) is 17.6 Å². The molecule has 0 unspecified atom stereocenters. The molecule has 1 aromatic heterocycles. The molecule has 1 heterocycles. The number of rotatable bonds is 3. The minimum atomic E-state index is -0.324. The first-order valence-electron chi connectivity index (χ1n) is 5.74. The third kappa shape index (κ3) is 2.57. The van der Waals surface area contributed by atoms with Crippen molar-refractivity contribution in [3.63, 3.8) is 0 Å². The van der Waals surface area contributed by atoms with Crippen molar-refractivity contribution in [2.45, 2.75) is 13.8 Å². The van der Waals surface area contributed by atoms with Gasteiger partial charge in [-0.3, -0.25) is 0 Å². The summed E-state index contributed by atoms with van der Waals surface area (Å²) < 4.78 is 4.99.